The van der Waals surface area contributed by atoms with Crippen molar-refractivity contribution in [1.82, 2.24) is 0 Å². The number of hydrogen-bond donors (Lipinski definition) is 1. The van der Waals surface area contributed by atoms with Gasteiger partial charge in [-0.2, -0.15) is 0 Å². The van der Waals surface area contributed by atoms with Gasteiger partial charge in [-0.1, -0.05) is 12.1 Å². The molecule has 0 aliphatic carbocycles. The van der Waals surface area contributed by atoms with Crippen molar-refractivity contribution in [3.05, 3.63) is 53.6 Å². The Labute approximate surface area is 141 Å². The van der Waals surface area contributed by atoms with Gasteiger partial charge in [-0.3, -0.25) is 9.59 Å². The largest absolute Gasteiger partial charge is 0.495 e. The van der Waals surface area contributed by atoms with Crippen LogP contribution in [0.3, 0.4) is 0 Å². The van der Waals surface area contributed by atoms with Crippen LogP contribution in [0.2, 0.25) is 0 Å². The third kappa shape index (κ3) is 4.59. The monoisotopic (exact) mass is 327 g/mol. The van der Waals surface area contributed by atoms with E-state index >= 15 is 0 Å². The predicted molar refractivity (Wildman–Crippen MR) is 92.9 cm³/mol. The number of Topliss-reactive ketones (excluding diaryl/α,β-unsaturated/α-hetero) is 1. The fourth-order valence-corrected chi connectivity index (χ4v) is 2.27. The first-order valence-electron chi connectivity index (χ1n) is 7.74. The van der Waals surface area contributed by atoms with Gasteiger partial charge >= 0.3 is 0 Å². The number of methoxy groups -OCH3 is 1. The molecule has 0 heterocycles. The number of benzene rings is 2. The van der Waals surface area contributed by atoms with Crippen LogP contribution in [0, 0.1) is 0 Å². The Bertz CT molecular complexity index is 723. The maximum absolute atomic E-state index is 12.3. The molecular formula is C19H21NO4. The molecule has 0 aliphatic heterocycles. The Morgan fingerprint density at radius 1 is 1.08 bits per heavy atom. The van der Waals surface area contributed by atoms with Gasteiger partial charge in [0.2, 0.25) is 5.91 Å². The summed E-state index contributed by atoms with van der Waals surface area (Å²) >= 11 is 0. The summed E-state index contributed by atoms with van der Waals surface area (Å²) in [6.07, 6.45) is 0.222. The van der Waals surface area contributed by atoms with Crippen molar-refractivity contribution < 1.29 is 19.1 Å². The van der Waals surface area contributed by atoms with Crippen molar-refractivity contribution >= 4 is 17.4 Å². The van der Waals surface area contributed by atoms with E-state index in [1.54, 1.807) is 18.2 Å². The number of ketones is 1. The Hall–Kier alpha value is -2.82. The highest BCUT2D eigenvalue weighted by Gasteiger charge is 2.11. The minimum absolute atomic E-state index is 0.0698. The summed E-state index contributed by atoms with van der Waals surface area (Å²) in [5.74, 6) is 1.04. The van der Waals surface area contributed by atoms with Crippen molar-refractivity contribution in [3.63, 3.8) is 0 Å². The zero-order valence-electron chi connectivity index (χ0n) is 14.1. The molecular weight excluding hydrogens is 306 g/mol. The van der Waals surface area contributed by atoms with Gasteiger partial charge in [0, 0.05) is 5.56 Å². The van der Waals surface area contributed by atoms with E-state index in [2.05, 4.69) is 5.32 Å². The Morgan fingerprint density at radius 2 is 1.79 bits per heavy atom. The van der Waals surface area contributed by atoms with Crippen molar-refractivity contribution in [3.8, 4) is 11.5 Å². The molecule has 0 saturated heterocycles. The van der Waals surface area contributed by atoms with Crippen LogP contribution < -0.4 is 14.8 Å². The zero-order chi connectivity index (χ0) is 17.5. The number of nitrogens with one attached hydrogen (secondary N) is 1. The van der Waals surface area contributed by atoms with Crippen molar-refractivity contribution in [2.24, 2.45) is 0 Å². The lowest BCUT2D eigenvalue weighted by atomic mass is 10.1. The summed E-state index contributed by atoms with van der Waals surface area (Å²) < 4.78 is 10.6. The molecule has 0 atom stereocenters. The van der Waals surface area contributed by atoms with Crippen LogP contribution in [-0.4, -0.2) is 25.4 Å². The topological polar surface area (TPSA) is 64.6 Å². The molecule has 2 aromatic rings. The molecule has 0 spiro atoms. The fourth-order valence-electron chi connectivity index (χ4n) is 2.27. The molecule has 0 bridgehead atoms. The number of carbonyl (C=O) groups excluding carboxylic acids is 2. The fraction of sp³-hybridized carbons (Fsp3) is 0.263. The lowest BCUT2D eigenvalue weighted by Crippen LogP contribution is -2.15. The quantitative estimate of drug-likeness (QED) is 0.791. The first-order valence-corrected chi connectivity index (χ1v) is 7.74. The van der Waals surface area contributed by atoms with Gasteiger partial charge in [0.15, 0.2) is 5.78 Å². The molecule has 1 N–H and O–H groups in total. The number of anilines is 1. The number of ether oxygens (including phenoxy) is 2. The SMILES string of the molecule is CCOc1ccc(CC(=O)Nc2cc(C(C)=O)ccc2OC)cc1. The molecule has 2 aromatic carbocycles. The van der Waals surface area contributed by atoms with Crippen LogP contribution in [0.5, 0.6) is 11.5 Å². The second-order valence-corrected chi connectivity index (χ2v) is 5.27. The number of carbonyl (C=O) groups is 2. The van der Waals surface area contributed by atoms with E-state index in [0.717, 1.165) is 11.3 Å². The zero-order valence-corrected chi connectivity index (χ0v) is 14.1. The van der Waals surface area contributed by atoms with Crippen LogP contribution in [0.25, 0.3) is 0 Å². The number of rotatable bonds is 7. The van der Waals surface area contributed by atoms with E-state index < -0.39 is 0 Å². The molecule has 2 rings (SSSR count). The van der Waals surface area contributed by atoms with Gasteiger partial charge in [0.25, 0.3) is 0 Å². The van der Waals surface area contributed by atoms with Gasteiger partial charge in [-0.05, 0) is 49.7 Å². The lowest BCUT2D eigenvalue weighted by molar-refractivity contribution is -0.115. The molecule has 126 valence electrons. The van der Waals surface area contributed by atoms with Gasteiger partial charge in [-0.25, -0.2) is 0 Å². The van der Waals surface area contributed by atoms with Gasteiger partial charge in [0.1, 0.15) is 11.5 Å². The second-order valence-electron chi connectivity index (χ2n) is 5.27. The minimum Gasteiger partial charge on any atom is -0.495 e. The smallest absolute Gasteiger partial charge is 0.228 e. The maximum Gasteiger partial charge on any atom is 0.228 e. The average Bonchev–Trinajstić information content (AvgIpc) is 2.56. The summed E-state index contributed by atoms with van der Waals surface area (Å²) in [4.78, 5) is 23.8. The first-order chi connectivity index (χ1) is 11.5. The van der Waals surface area contributed by atoms with E-state index in [-0.39, 0.29) is 18.1 Å². The van der Waals surface area contributed by atoms with Crippen molar-refractivity contribution in [2.75, 3.05) is 19.0 Å². The van der Waals surface area contributed by atoms with Crippen LogP contribution in [0.1, 0.15) is 29.8 Å². The third-order valence-corrected chi connectivity index (χ3v) is 3.48. The summed E-state index contributed by atoms with van der Waals surface area (Å²) in [5.41, 5.74) is 1.88. The normalized spacial score (nSPS) is 10.1. The van der Waals surface area contributed by atoms with Crippen molar-refractivity contribution in [2.45, 2.75) is 20.3 Å². The van der Waals surface area contributed by atoms with E-state index in [4.69, 9.17) is 9.47 Å². The third-order valence-electron chi connectivity index (χ3n) is 3.48. The standard InChI is InChI=1S/C19H21NO4/c1-4-24-16-8-5-14(6-9-16)11-19(22)20-17-12-15(13(2)21)7-10-18(17)23-3/h5-10,12H,4,11H2,1-3H3,(H,20,22). The highest BCUT2D eigenvalue weighted by atomic mass is 16.5. The molecule has 24 heavy (non-hydrogen) atoms. The van der Waals surface area contributed by atoms with Crippen LogP contribution in [0.4, 0.5) is 5.69 Å². The van der Waals surface area contributed by atoms with E-state index in [1.165, 1.54) is 14.0 Å². The van der Waals surface area contributed by atoms with E-state index in [0.29, 0.717) is 23.6 Å². The second kappa shape index (κ2) is 8.15. The highest BCUT2D eigenvalue weighted by Crippen LogP contribution is 2.26. The number of amides is 1. The van der Waals surface area contributed by atoms with Gasteiger partial charge in [-0.15, -0.1) is 0 Å². The van der Waals surface area contributed by atoms with Gasteiger partial charge < -0.3 is 14.8 Å². The molecule has 5 nitrogen and oxygen atoms in total. The Balaban J connectivity index is 2.08. The highest BCUT2D eigenvalue weighted by molar-refractivity contribution is 5.98. The summed E-state index contributed by atoms with van der Waals surface area (Å²) in [7, 11) is 1.52. The summed E-state index contributed by atoms with van der Waals surface area (Å²) in [6, 6.07) is 12.3. The molecule has 0 aliphatic rings. The summed E-state index contributed by atoms with van der Waals surface area (Å²) in [5, 5.41) is 2.80. The molecule has 0 aromatic heterocycles. The molecule has 5 heteroatoms. The molecule has 1 amide bonds. The number of hydrogen-bond acceptors (Lipinski definition) is 4. The lowest BCUT2D eigenvalue weighted by Gasteiger charge is -2.11. The maximum atomic E-state index is 12.3. The average molecular weight is 327 g/mol. The van der Waals surface area contributed by atoms with Crippen LogP contribution in [-0.2, 0) is 11.2 Å². The minimum atomic E-state index is -0.182. The van der Waals surface area contributed by atoms with E-state index in [1.807, 2.05) is 31.2 Å². The Morgan fingerprint density at radius 3 is 2.38 bits per heavy atom. The predicted octanol–water partition coefficient (Wildman–Crippen LogP) is 3.48. The van der Waals surface area contributed by atoms with Crippen LogP contribution in [0.15, 0.2) is 42.5 Å². The van der Waals surface area contributed by atoms with Crippen LogP contribution >= 0.6 is 0 Å². The van der Waals surface area contributed by atoms with Crippen molar-refractivity contribution in [1.29, 1.82) is 0 Å². The van der Waals surface area contributed by atoms with E-state index in [9.17, 15) is 9.59 Å². The first kappa shape index (κ1) is 17.5. The van der Waals surface area contributed by atoms with Gasteiger partial charge in [0.05, 0.1) is 25.8 Å². The Kier molecular flexibility index (Phi) is 5.95. The molecule has 0 saturated carbocycles. The molecule has 0 unspecified atom stereocenters. The molecule has 0 fully saturated rings. The summed E-state index contributed by atoms with van der Waals surface area (Å²) in [6.45, 7) is 4.00. The molecule has 0 radical (unpaired) electrons.